The van der Waals surface area contributed by atoms with Crippen LogP contribution in [0.1, 0.15) is 5.56 Å². The molecule has 1 rings (SSSR count). The van der Waals surface area contributed by atoms with Gasteiger partial charge in [0.2, 0.25) is 0 Å². The molecule has 1 aromatic carbocycles. The number of ether oxygens (including phenoxy) is 3. The van der Waals surface area contributed by atoms with Gasteiger partial charge in [0.05, 0.1) is 6.61 Å². The molecule has 0 heterocycles. The normalized spacial score (nSPS) is 12.1. The van der Waals surface area contributed by atoms with Gasteiger partial charge in [0.25, 0.3) is 0 Å². The fourth-order valence-electron chi connectivity index (χ4n) is 1.42. The lowest BCUT2D eigenvalue weighted by Crippen LogP contribution is -2.32. The summed E-state index contributed by atoms with van der Waals surface area (Å²) in [6, 6.07) is 6.28. The average molecular weight is 269 g/mol. The van der Waals surface area contributed by atoms with Gasteiger partial charge in [0.1, 0.15) is 25.2 Å². The van der Waals surface area contributed by atoms with Crippen molar-refractivity contribution in [3.8, 4) is 5.75 Å². The van der Waals surface area contributed by atoms with Crippen LogP contribution in [-0.4, -0.2) is 44.2 Å². The summed E-state index contributed by atoms with van der Waals surface area (Å²) in [5, 5.41) is 8.71. The van der Waals surface area contributed by atoms with Gasteiger partial charge in [0.15, 0.2) is 0 Å². The lowest BCUT2D eigenvalue weighted by molar-refractivity contribution is -0.138. The minimum Gasteiger partial charge on any atom is -0.491 e. The van der Waals surface area contributed by atoms with Crippen LogP contribution in [0.3, 0.4) is 0 Å². The molecular weight excluding hydrogens is 250 g/mol. The van der Waals surface area contributed by atoms with Crippen LogP contribution >= 0.6 is 0 Å². The Kier molecular flexibility index (Phi) is 6.88. The maximum Gasteiger partial charge on any atom is 0.320 e. The van der Waals surface area contributed by atoms with E-state index in [1.54, 1.807) is 31.4 Å². The van der Waals surface area contributed by atoms with E-state index in [-0.39, 0.29) is 6.79 Å². The predicted molar refractivity (Wildman–Crippen MR) is 69.1 cm³/mol. The smallest absolute Gasteiger partial charge is 0.320 e. The van der Waals surface area contributed by atoms with Crippen LogP contribution in [0.4, 0.5) is 0 Å². The molecule has 106 valence electrons. The SMILES string of the molecule is COCOCCOc1ccc(C[C@H](N)C(=O)O)cc1. The summed E-state index contributed by atoms with van der Waals surface area (Å²) in [6.07, 6.45) is 0.298. The maximum atomic E-state index is 10.6. The van der Waals surface area contributed by atoms with Crippen molar-refractivity contribution < 1.29 is 24.1 Å². The van der Waals surface area contributed by atoms with Gasteiger partial charge in [-0.25, -0.2) is 0 Å². The molecule has 3 N–H and O–H groups in total. The van der Waals surface area contributed by atoms with Gasteiger partial charge in [-0.2, -0.15) is 0 Å². The van der Waals surface area contributed by atoms with E-state index >= 15 is 0 Å². The molecule has 0 aliphatic heterocycles. The molecule has 0 aliphatic rings. The zero-order valence-electron chi connectivity index (χ0n) is 10.9. The average Bonchev–Trinajstić information content (AvgIpc) is 2.40. The third-order valence-electron chi connectivity index (χ3n) is 2.39. The van der Waals surface area contributed by atoms with Crippen LogP contribution in [0.25, 0.3) is 0 Å². The number of rotatable bonds is 9. The molecule has 0 spiro atoms. The third-order valence-corrected chi connectivity index (χ3v) is 2.39. The summed E-state index contributed by atoms with van der Waals surface area (Å²) in [4.78, 5) is 10.6. The summed E-state index contributed by atoms with van der Waals surface area (Å²) < 4.78 is 15.2. The van der Waals surface area contributed by atoms with Crippen molar-refractivity contribution in [1.82, 2.24) is 0 Å². The van der Waals surface area contributed by atoms with Crippen molar-refractivity contribution in [1.29, 1.82) is 0 Å². The van der Waals surface area contributed by atoms with Gasteiger partial charge >= 0.3 is 5.97 Å². The molecular formula is C13H19NO5. The van der Waals surface area contributed by atoms with Crippen molar-refractivity contribution in [3.05, 3.63) is 29.8 Å². The maximum absolute atomic E-state index is 10.6. The predicted octanol–water partition coefficient (Wildman–Crippen LogP) is 0.640. The van der Waals surface area contributed by atoms with Crippen LogP contribution in [0, 0.1) is 0 Å². The summed E-state index contributed by atoms with van der Waals surface area (Å²) in [7, 11) is 1.56. The third kappa shape index (κ3) is 6.19. The van der Waals surface area contributed by atoms with Crippen molar-refractivity contribution in [3.63, 3.8) is 0 Å². The number of hydrogen-bond acceptors (Lipinski definition) is 5. The van der Waals surface area contributed by atoms with E-state index in [1.807, 2.05) is 0 Å². The molecule has 6 heteroatoms. The molecule has 0 aliphatic carbocycles. The summed E-state index contributed by atoms with van der Waals surface area (Å²) in [5.41, 5.74) is 6.31. The van der Waals surface area contributed by atoms with E-state index in [2.05, 4.69) is 0 Å². The Balaban J connectivity index is 2.33. The molecule has 0 unspecified atom stereocenters. The lowest BCUT2D eigenvalue weighted by Gasteiger charge is -2.09. The first kappa shape index (κ1) is 15.4. The van der Waals surface area contributed by atoms with Crippen molar-refractivity contribution in [2.24, 2.45) is 5.73 Å². The van der Waals surface area contributed by atoms with Crippen LogP contribution in [-0.2, 0) is 20.7 Å². The van der Waals surface area contributed by atoms with Crippen LogP contribution in [0.5, 0.6) is 5.75 Å². The number of hydrogen-bond donors (Lipinski definition) is 2. The zero-order valence-corrected chi connectivity index (χ0v) is 10.9. The van der Waals surface area contributed by atoms with Crippen molar-refractivity contribution >= 4 is 5.97 Å². The number of aliphatic carboxylic acids is 1. The van der Waals surface area contributed by atoms with E-state index in [0.717, 1.165) is 5.56 Å². The second kappa shape index (κ2) is 8.47. The molecule has 1 atom stereocenters. The van der Waals surface area contributed by atoms with E-state index < -0.39 is 12.0 Å². The van der Waals surface area contributed by atoms with E-state index in [4.69, 9.17) is 25.1 Å². The van der Waals surface area contributed by atoms with Gasteiger partial charge in [-0.05, 0) is 24.1 Å². The minimum absolute atomic E-state index is 0.245. The molecule has 0 radical (unpaired) electrons. The highest BCUT2D eigenvalue weighted by atomic mass is 16.7. The number of nitrogens with two attached hydrogens (primary N) is 1. The fourth-order valence-corrected chi connectivity index (χ4v) is 1.42. The fraction of sp³-hybridized carbons (Fsp3) is 0.462. The van der Waals surface area contributed by atoms with Gasteiger partial charge < -0.3 is 25.1 Å². The number of carboxylic acids is 1. The van der Waals surface area contributed by atoms with E-state index in [1.165, 1.54) is 0 Å². The highest BCUT2D eigenvalue weighted by Gasteiger charge is 2.11. The minimum atomic E-state index is -1.00. The summed E-state index contributed by atoms with van der Waals surface area (Å²) >= 11 is 0. The highest BCUT2D eigenvalue weighted by molar-refractivity contribution is 5.73. The van der Waals surface area contributed by atoms with Gasteiger partial charge in [0, 0.05) is 7.11 Å². The molecule has 0 aromatic heterocycles. The number of methoxy groups -OCH3 is 1. The second-order valence-corrected chi connectivity index (χ2v) is 3.96. The Morgan fingerprint density at radius 1 is 1.32 bits per heavy atom. The standard InChI is InChI=1S/C13H19NO5/c1-17-9-18-6-7-19-11-4-2-10(3-5-11)8-12(14)13(15)16/h2-5,12H,6-9,14H2,1H3,(H,15,16)/t12-/m0/s1. The first-order chi connectivity index (χ1) is 9.13. The van der Waals surface area contributed by atoms with Crippen LogP contribution in [0.2, 0.25) is 0 Å². The number of carboxylic acid groups (broad SMARTS) is 1. The van der Waals surface area contributed by atoms with Crippen LogP contribution in [0.15, 0.2) is 24.3 Å². The van der Waals surface area contributed by atoms with Crippen molar-refractivity contribution in [2.75, 3.05) is 27.1 Å². The monoisotopic (exact) mass is 269 g/mol. The first-order valence-electron chi connectivity index (χ1n) is 5.90. The Morgan fingerprint density at radius 3 is 2.58 bits per heavy atom. The Labute approximate surface area is 112 Å². The highest BCUT2D eigenvalue weighted by Crippen LogP contribution is 2.13. The topological polar surface area (TPSA) is 91.0 Å². The van der Waals surface area contributed by atoms with Gasteiger partial charge in [-0.1, -0.05) is 12.1 Å². The Morgan fingerprint density at radius 2 is 2.00 bits per heavy atom. The molecule has 0 fully saturated rings. The zero-order chi connectivity index (χ0) is 14.1. The van der Waals surface area contributed by atoms with E-state index in [0.29, 0.717) is 25.4 Å². The Hall–Kier alpha value is -1.63. The largest absolute Gasteiger partial charge is 0.491 e. The van der Waals surface area contributed by atoms with E-state index in [9.17, 15) is 4.79 Å². The van der Waals surface area contributed by atoms with Gasteiger partial charge in [-0.3, -0.25) is 4.79 Å². The first-order valence-corrected chi connectivity index (χ1v) is 5.90. The molecule has 6 nitrogen and oxygen atoms in total. The molecule has 0 saturated carbocycles. The Bertz CT molecular complexity index is 379. The molecule has 0 amide bonds. The van der Waals surface area contributed by atoms with Gasteiger partial charge in [-0.15, -0.1) is 0 Å². The van der Waals surface area contributed by atoms with Crippen LogP contribution < -0.4 is 10.5 Å². The lowest BCUT2D eigenvalue weighted by atomic mass is 10.1. The molecule has 1 aromatic rings. The molecule has 0 saturated heterocycles. The summed E-state index contributed by atoms with van der Waals surface area (Å²) in [5.74, 6) is -0.302. The second-order valence-electron chi connectivity index (χ2n) is 3.96. The number of benzene rings is 1. The molecule has 19 heavy (non-hydrogen) atoms. The van der Waals surface area contributed by atoms with Crippen molar-refractivity contribution in [2.45, 2.75) is 12.5 Å². The quantitative estimate of drug-likeness (QED) is 0.505. The number of carbonyl (C=O) groups is 1. The molecule has 0 bridgehead atoms. The summed E-state index contributed by atoms with van der Waals surface area (Å²) in [6.45, 7) is 1.12.